The largest absolute Gasteiger partial charge is 0.544 e. The molecule has 7 atom stereocenters. The van der Waals surface area contributed by atoms with Gasteiger partial charge in [-0.3, -0.25) is 14.4 Å². The van der Waals surface area contributed by atoms with Gasteiger partial charge >= 0.3 is 23.8 Å². The first kappa shape index (κ1) is 20.4. The van der Waals surface area contributed by atoms with E-state index >= 15 is 0 Å². The summed E-state index contributed by atoms with van der Waals surface area (Å²) in [6.07, 6.45) is -6.35. The number of alkyl halides is 2. The van der Waals surface area contributed by atoms with Crippen LogP contribution in [0.4, 0.5) is 8.78 Å². The highest BCUT2D eigenvalue weighted by Gasteiger charge is 2.72. The predicted molar refractivity (Wildman–Crippen MR) is 80.4 cm³/mol. The molecule has 0 aromatic carbocycles. The van der Waals surface area contributed by atoms with Gasteiger partial charge in [-0.15, -0.1) is 0 Å². The Morgan fingerprint density at radius 2 is 1.75 bits per heavy atom. The molecule has 28 heavy (non-hydrogen) atoms. The fourth-order valence-corrected chi connectivity index (χ4v) is 4.03. The minimum Gasteiger partial charge on any atom is -0.544 e. The van der Waals surface area contributed by atoms with Gasteiger partial charge in [0.2, 0.25) is 0 Å². The minimum atomic E-state index is -4.47. The van der Waals surface area contributed by atoms with E-state index in [1.54, 1.807) is 0 Å². The van der Waals surface area contributed by atoms with Crippen LogP contribution in [0, 0.1) is 17.3 Å². The molecule has 3 saturated heterocycles. The molecule has 0 N–H and O–H groups in total. The second-order valence-corrected chi connectivity index (χ2v) is 8.19. The molecule has 0 aromatic heterocycles. The molecule has 0 aliphatic carbocycles. The van der Waals surface area contributed by atoms with E-state index in [4.69, 9.17) is 18.9 Å². The fraction of sp³-hybridized carbons (Fsp3) is 0.765. The number of carbonyl (C=O) groups excluding carboxylic acids is 4. The third-order valence-electron chi connectivity index (χ3n) is 5.10. The van der Waals surface area contributed by atoms with Crippen molar-refractivity contribution in [3.05, 3.63) is 0 Å². The zero-order valence-electron chi connectivity index (χ0n) is 15.5. The molecule has 3 heterocycles. The molecule has 2 bridgehead atoms. The molecule has 9 nitrogen and oxygen atoms in total. The van der Waals surface area contributed by atoms with Gasteiger partial charge in [-0.05, 0) is 0 Å². The molecule has 0 aromatic rings. The van der Waals surface area contributed by atoms with Gasteiger partial charge < -0.3 is 28.8 Å². The zero-order valence-corrected chi connectivity index (χ0v) is 15.5. The number of carboxylic acids is 1. The van der Waals surface area contributed by atoms with Crippen LogP contribution in [0.25, 0.3) is 0 Å². The number of carboxylic acid groups (broad SMARTS) is 1. The summed E-state index contributed by atoms with van der Waals surface area (Å²) in [5.74, 6) is -12.4. The van der Waals surface area contributed by atoms with E-state index in [0.717, 1.165) is 6.92 Å². The van der Waals surface area contributed by atoms with E-state index in [2.05, 4.69) is 0 Å². The average molecular weight is 405 g/mol. The molecule has 3 rings (SSSR count). The van der Waals surface area contributed by atoms with Crippen molar-refractivity contribution < 1.29 is 52.0 Å². The molecule has 3 aliphatic heterocycles. The number of aliphatic carboxylic acids is 1. The van der Waals surface area contributed by atoms with Crippen LogP contribution in [-0.4, -0.2) is 60.3 Å². The standard InChI is InChI=1S/C17H20F2O9/c1-5(20)25-10-8-7(6-9(26-8)11(10)27-12(6)21)13(22)28-14(16(2,3)4)17(18,19)15(23)24/h6-11,14H,1-4H3,(H,23,24)/p-1. The Kier molecular flexibility index (Phi) is 4.64. The summed E-state index contributed by atoms with van der Waals surface area (Å²) in [4.78, 5) is 47.1. The van der Waals surface area contributed by atoms with Crippen molar-refractivity contribution in [2.75, 3.05) is 0 Å². The van der Waals surface area contributed by atoms with Gasteiger partial charge in [0, 0.05) is 12.3 Å². The van der Waals surface area contributed by atoms with Crippen LogP contribution < -0.4 is 5.11 Å². The number of esters is 3. The quantitative estimate of drug-likeness (QED) is 0.426. The molecular formula is C17H19F2O9-. The highest BCUT2D eigenvalue weighted by Crippen LogP contribution is 2.52. The number of hydrogen-bond donors (Lipinski definition) is 0. The highest BCUT2D eigenvalue weighted by molar-refractivity contribution is 5.87. The van der Waals surface area contributed by atoms with Crippen molar-refractivity contribution in [1.82, 2.24) is 0 Å². The molecule has 0 radical (unpaired) electrons. The molecule has 0 amide bonds. The fourth-order valence-electron chi connectivity index (χ4n) is 4.03. The summed E-state index contributed by atoms with van der Waals surface area (Å²) in [7, 11) is 0. The molecule has 3 fully saturated rings. The molecule has 7 unspecified atom stereocenters. The molecule has 0 spiro atoms. The van der Waals surface area contributed by atoms with Crippen LogP contribution in [-0.2, 0) is 38.1 Å². The second-order valence-electron chi connectivity index (χ2n) is 8.19. The van der Waals surface area contributed by atoms with Crippen LogP contribution in [0.3, 0.4) is 0 Å². The lowest BCUT2D eigenvalue weighted by Gasteiger charge is -2.37. The molecule has 156 valence electrons. The summed E-state index contributed by atoms with van der Waals surface area (Å²) < 4.78 is 48.9. The summed E-state index contributed by atoms with van der Waals surface area (Å²) in [6.45, 7) is 4.91. The first-order chi connectivity index (χ1) is 12.8. The number of rotatable bonds is 5. The van der Waals surface area contributed by atoms with Crippen molar-refractivity contribution in [1.29, 1.82) is 0 Å². The van der Waals surface area contributed by atoms with E-state index in [0.29, 0.717) is 0 Å². The Balaban J connectivity index is 1.88. The van der Waals surface area contributed by atoms with Gasteiger partial charge in [-0.1, -0.05) is 20.8 Å². The van der Waals surface area contributed by atoms with Crippen molar-refractivity contribution >= 4 is 23.9 Å². The maximum atomic E-state index is 14.1. The number of halogens is 2. The summed E-state index contributed by atoms with van der Waals surface area (Å²) in [5.41, 5.74) is -1.47. The topological polar surface area (TPSA) is 128 Å². The van der Waals surface area contributed by atoms with Gasteiger partial charge in [0.1, 0.15) is 30.0 Å². The molecule has 11 heteroatoms. The number of fused-ring (bicyclic) bond motifs is 1. The minimum absolute atomic E-state index is 0.705. The van der Waals surface area contributed by atoms with Gasteiger partial charge in [0.15, 0.2) is 18.3 Å². The highest BCUT2D eigenvalue weighted by atomic mass is 19.3. The Bertz CT molecular complexity index is 729. The van der Waals surface area contributed by atoms with Crippen molar-refractivity contribution in [2.24, 2.45) is 17.3 Å². The Labute approximate surface area is 158 Å². The zero-order chi connectivity index (χ0) is 21.2. The second kappa shape index (κ2) is 6.36. The lowest BCUT2D eigenvalue weighted by atomic mass is 9.78. The third-order valence-corrected chi connectivity index (χ3v) is 5.10. The van der Waals surface area contributed by atoms with Crippen LogP contribution in [0.5, 0.6) is 0 Å². The number of hydrogen-bond acceptors (Lipinski definition) is 9. The van der Waals surface area contributed by atoms with Crippen LogP contribution in [0.15, 0.2) is 0 Å². The van der Waals surface area contributed by atoms with Crippen LogP contribution in [0.2, 0.25) is 0 Å². The van der Waals surface area contributed by atoms with Crippen molar-refractivity contribution in [3.8, 4) is 0 Å². The van der Waals surface area contributed by atoms with Crippen LogP contribution in [0.1, 0.15) is 27.7 Å². The third kappa shape index (κ3) is 3.01. The molecule has 0 saturated carbocycles. The van der Waals surface area contributed by atoms with E-state index in [1.807, 2.05) is 0 Å². The van der Waals surface area contributed by atoms with Gasteiger partial charge in [-0.2, -0.15) is 8.78 Å². The lowest BCUT2D eigenvalue weighted by Crippen LogP contribution is -2.57. The monoisotopic (exact) mass is 405 g/mol. The Morgan fingerprint density at radius 1 is 1.14 bits per heavy atom. The molecular weight excluding hydrogens is 386 g/mol. The Hall–Kier alpha value is -2.30. The SMILES string of the molecule is CC(=O)OC1C2OC(=O)C3C2OC1C3C(=O)OC(C(C)(C)C)C(F)(F)C(=O)[O-]. The van der Waals surface area contributed by atoms with Gasteiger partial charge in [0.25, 0.3) is 0 Å². The lowest BCUT2D eigenvalue weighted by molar-refractivity contribution is -0.339. The summed E-state index contributed by atoms with van der Waals surface area (Å²) in [6, 6.07) is 0. The maximum Gasteiger partial charge on any atom is 0.323 e. The summed E-state index contributed by atoms with van der Waals surface area (Å²) in [5, 5.41) is 10.9. The van der Waals surface area contributed by atoms with E-state index < -0.39 is 77.6 Å². The predicted octanol–water partition coefficient (Wildman–Crippen LogP) is -0.800. The maximum absolute atomic E-state index is 14.1. The number of carbonyl (C=O) groups is 4. The summed E-state index contributed by atoms with van der Waals surface area (Å²) >= 11 is 0. The average Bonchev–Trinajstić information content (AvgIpc) is 3.14. The van der Waals surface area contributed by atoms with Gasteiger partial charge in [0.05, 0.1) is 0 Å². The van der Waals surface area contributed by atoms with E-state index in [1.165, 1.54) is 20.8 Å². The number of ether oxygens (including phenoxy) is 4. The Morgan fingerprint density at radius 3 is 2.25 bits per heavy atom. The first-order valence-electron chi connectivity index (χ1n) is 8.59. The normalized spacial score (nSPS) is 34.7. The van der Waals surface area contributed by atoms with Crippen LogP contribution >= 0.6 is 0 Å². The van der Waals surface area contributed by atoms with E-state index in [-0.39, 0.29) is 0 Å². The van der Waals surface area contributed by atoms with Crippen molar-refractivity contribution in [2.45, 2.75) is 64.1 Å². The molecule has 3 aliphatic rings. The first-order valence-corrected chi connectivity index (χ1v) is 8.59. The van der Waals surface area contributed by atoms with E-state index in [9.17, 15) is 33.1 Å². The van der Waals surface area contributed by atoms with Gasteiger partial charge in [-0.25, -0.2) is 0 Å². The van der Waals surface area contributed by atoms with Crippen molar-refractivity contribution in [3.63, 3.8) is 0 Å². The smallest absolute Gasteiger partial charge is 0.323 e.